The molecule has 0 spiro atoms. The summed E-state index contributed by atoms with van der Waals surface area (Å²) in [7, 11) is 0. The molecule has 0 amide bonds. The van der Waals surface area contributed by atoms with Crippen LogP contribution in [0.2, 0.25) is 0 Å². The molecule has 1 aromatic heterocycles. The molecule has 16 heavy (non-hydrogen) atoms. The third-order valence-electron chi connectivity index (χ3n) is 2.75. The molecule has 4 nitrogen and oxygen atoms in total. The molecule has 84 valence electrons. The van der Waals surface area contributed by atoms with Gasteiger partial charge in [0.2, 0.25) is 0 Å². The van der Waals surface area contributed by atoms with Gasteiger partial charge in [0.25, 0.3) is 11.1 Å². The highest BCUT2D eigenvalue weighted by molar-refractivity contribution is 5.80. The molecule has 0 aliphatic heterocycles. The van der Waals surface area contributed by atoms with E-state index >= 15 is 0 Å². The van der Waals surface area contributed by atoms with Crippen molar-refractivity contribution in [3.63, 3.8) is 0 Å². The van der Waals surface area contributed by atoms with E-state index in [-0.39, 0.29) is 11.1 Å². The number of hydrogen-bond donors (Lipinski definition) is 0. The Morgan fingerprint density at radius 1 is 0.875 bits per heavy atom. The lowest BCUT2D eigenvalue weighted by molar-refractivity contribution is 0.449. The summed E-state index contributed by atoms with van der Waals surface area (Å²) in [5, 5.41) is 0.998. The standard InChI is InChI=1S/C12H14N2O2/c1-3-13-11(15)9-7-5-6-8-10(9)12(16)14(13)4-2/h5-8H,3-4H2,1-2H3. The summed E-state index contributed by atoms with van der Waals surface area (Å²) in [6.45, 7) is 4.74. The summed E-state index contributed by atoms with van der Waals surface area (Å²) in [4.78, 5) is 24.2. The van der Waals surface area contributed by atoms with Gasteiger partial charge in [0, 0.05) is 13.1 Å². The Kier molecular flexibility index (Phi) is 2.64. The predicted octanol–water partition coefficient (Wildman–Crippen LogP) is 1.20. The number of hydrogen-bond acceptors (Lipinski definition) is 2. The summed E-state index contributed by atoms with van der Waals surface area (Å²) < 4.78 is 2.98. The summed E-state index contributed by atoms with van der Waals surface area (Å²) in [5.41, 5.74) is -0.195. The minimum Gasteiger partial charge on any atom is -0.267 e. The Hall–Kier alpha value is -1.84. The van der Waals surface area contributed by atoms with Crippen LogP contribution in [0.5, 0.6) is 0 Å². The van der Waals surface area contributed by atoms with Crippen molar-refractivity contribution in [1.29, 1.82) is 0 Å². The van der Waals surface area contributed by atoms with Gasteiger partial charge in [-0.05, 0) is 26.0 Å². The molecule has 0 fully saturated rings. The first-order valence-electron chi connectivity index (χ1n) is 5.43. The zero-order valence-electron chi connectivity index (χ0n) is 9.43. The average Bonchev–Trinajstić information content (AvgIpc) is 2.33. The van der Waals surface area contributed by atoms with Crippen LogP contribution in [0.25, 0.3) is 10.8 Å². The molecule has 1 heterocycles. The summed E-state index contributed by atoms with van der Waals surface area (Å²) in [6.07, 6.45) is 0. The van der Waals surface area contributed by atoms with Gasteiger partial charge in [-0.3, -0.25) is 9.59 Å². The largest absolute Gasteiger partial charge is 0.273 e. The zero-order chi connectivity index (χ0) is 11.7. The van der Waals surface area contributed by atoms with Crippen LogP contribution in [-0.2, 0) is 13.1 Å². The topological polar surface area (TPSA) is 44.0 Å². The van der Waals surface area contributed by atoms with E-state index in [1.54, 1.807) is 24.3 Å². The van der Waals surface area contributed by atoms with Crippen LogP contribution in [0.3, 0.4) is 0 Å². The van der Waals surface area contributed by atoms with E-state index in [4.69, 9.17) is 0 Å². The van der Waals surface area contributed by atoms with Gasteiger partial charge < -0.3 is 0 Å². The Bertz CT molecular complexity index is 581. The number of benzene rings is 1. The normalized spacial score (nSPS) is 10.9. The van der Waals surface area contributed by atoms with E-state index in [0.29, 0.717) is 23.9 Å². The monoisotopic (exact) mass is 218 g/mol. The van der Waals surface area contributed by atoms with Gasteiger partial charge in [-0.15, -0.1) is 0 Å². The van der Waals surface area contributed by atoms with Crippen LogP contribution in [0.15, 0.2) is 33.9 Å². The maximum absolute atomic E-state index is 12.1. The van der Waals surface area contributed by atoms with Crippen molar-refractivity contribution in [2.45, 2.75) is 26.9 Å². The van der Waals surface area contributed by atoms with Crippen LogP contribution in [0.4, 0.5) is 0 Å². The minimum absolute atomic E-state index is 0.0976. The minimum atomic E-state index is -0.0976. The van der Waals surface area contributed by atoms with E-state index in [9.17, 15) is 9.59 Å². The number of aromatic nitrogens is 2. The molecule has 0 atom stereocenters. The molecule has 0 N–H and O–H groups in total. The molecule has 0 bridgehead atoms. The molecule has 1 aromatic carbocycles. The first-order chi connectivity index (χ1) is 7.70. The van der Waals surface area contributed by atoms with Crippen molar-refractivity contribution < 1.29 is 0 Å². The van der Waals surface area contributed by atoms with E-state index in [0.717, 1.165) is 0 Å². The molecule has 4 heteroatoms. The van der Waals surface area contributed by atoms with Gasteiger partial charge in [0.1, 0.15) is 0 Å². The SMILES string of the molecule is CCn1c(=O)c2ccccc2c(=O)n1CC. The van der Waals surface area contributed by atoms with Crippen molar-refractivity contribution in [3.05, 3.63) is 45.0 Å². The van der Waals surface area contributed by atoms with Crippen LogP contribution in [0, 0.1) is 0 Å². The molecule has 0 unspecified atom stereocenters. The van der Waals surface area contributed by atoms with E-state index in [2.05, 4.69) is 0 Å². The smallest absolute Gasteiger partial charge is 0.267 e. The molecule has 0 saturated carbocycles. The lowest BCUT2D eigenvalue weighted by atomic mass is 10.2. The van der Waals surface area contributed by atoms with E-state index in [1.165, 1.54) is 9.36 Å². The lowest BCUT2D eigenvalue weighted by Gasteiger charge is -2.13. The van der Waals surface area contributed by atoms with Crippen LogP contribution in [-0.4, -0.2) is 9.36 Å². The molecule has 2 rings (SSSR count). The lowest BCUT2D eigenvalue weighted by Crippen LogP contribution is -2.37. The Balaban J connectivity index is 3.06. The maximum Gasteiger partial charge on any atom is 0.273 e. The zero-order valence-corrected chi connectivity index (χ0v) is 9.43. The van der Waals surface area contributed by atoms with Gasteiger partial charge >= 0.3 is 0 Å². The van der Waals surface area contributed by atoms with E-state index in [1.807, 2.05) is 13.8 Å². The molecule has 2 aromatic rings. The molecule has 0 radical (unpaired) electrons. The van der Waals surface area contributed by atoms with Gasteiger partial charge in [-0.25, -0.2) is 9.36 Å². The second-order valence-corrected chi connectivity index (χ2v) is 3.59. The molecule has 0 saturated heterocycles. The fraction of sp³-hybridized carbons (Fsp3) is 0.333. The van der Waals surface area contributed by atoms with Crippen molar-refractivity contribution in [1.82, 2.24) is 9.36 Å². The fourth-order valence-electron chi connectivity index (χ4n) is 1.98. The quantitative estimate of drug-likeness (QED) is 0.760. The molecule has 0 aliphatic rings. The van der Waals surface area contributed by atoms with Crippen molar-refractivity contribution in [3.8, 4) is 0 Å². The maximum atomic E-state index is 12.1. The third kappa shape index (κ3) is 1.38. The van der Waals surface area contributed by atoms with Crippen LogP contribution in [0.1, 0.15) is 13.8 Å². The van der Waals surface area contributed by atoms with Crippen molar-refractivity contribution in [2.75, 3.05) is 0 Å². The van der Waals surface area contributed by atoms with Crippen LogP contribution < -0.4 is 11.1 Å². The van der Waals surface area contributed by atoms with Gasteiger partial charge in [-0.2, -0.15) is 0 Å². The number of rotatable bonds is 2. The summed E-state index contributed by atoms with van der Waals surface area (Å²) in [6, 6.07) is 6.95. The molecule has 0 aliphatic carbocycles. The third-order valence-corrected chi connectivity index (χ3v) is 2.75. The van der Waals surface area contributed by atoms with Gasteiger partial charge in [0.05, 0.1) is 10.8 Å². The Morgan fingerprint density at radius 2 is 1.25 bits per heavy atom. The Labute approximate surface area is 92.7 Å². The second-order valence-electron chi connectivity index (χ2n) is 3.59. The van der Waals surface area contributed by atoms with Crippen molar-refractivity contribution >= 4 is 10.8 Å². The predicted molar refractivity (Wildman–Crippen MR) is 63.8 cm³/mol. The second kappa shape index (κ2) is 3.96. The highest BCUT2D eigenvalue weighted by atomic mass is 16.2. The first kappa shape index (κ1) is 10.7. The number of fused-ring (bicyclic) bond motifs is 1. The first-order valence-corrected chi connectivity index (χ1v) is 5.43. The van der Waals surface area contributed by atoms with Crippen LogP contribution >= 0.6 is 0 Å². The molecular formula is C12H14N2O2. The fourth-order valence-corrected chi connectivity index (χ4v) is 1.98. The molecular weight excluding hydrogens is 204 g/mol. The van der Waals surface area contributed by atoms with Gasteiger partial charge in [-0.1, -0.05) is 12.1 Å². The van der Waals surface area contributed by atoms with Gasteiger partial charge in [0.15, 0.2) is 0 Å². The van der Waals surface area contributed by atoms with E-state index < -0.39 is 0 Å². The highest BCUT2D eigenvalue weighted by Crippen LogP contribution is 2.03. The summed E-state index contributed by atoms with van der Waals surface area (Å²) in [5.74, 6) is 0. The summed E-state index contributed by atoms with van der Waals surface area (Å²) >= 11 is 0. The van der Waals surface area contributed by atoms with Crippen molar-refractivity contribution in [2.24, 2.45) is 0 Å². The number of nitrogens with zero attached hydrogens (tertiary/aromatic N) is 2. The highest BCUT2D eigenvalue weighted by Gasteiger charge is 2.09. The average molecular weight is 218 g/mol. The Morgan fingerprint density at radius 3 is 1.56 bits per heavy atom.